The molecular weight excluding hydrogens is 334 g/mol. The molecule has 1 atom stereocenters. The number of nitrogens with zero attached hydrogens (tertiary/aromatic N) is 2. The summed E-state index contributed by atoms with van der Waals surface area (Å²) in [5, 5.41) is 12.0. The fourth-order valence-electron chi connectivity index (χ4n) is 3.56. The van der Waals surface area contributed by atoms with E-state index in [4.69, 9.17) is 0 Å². The summed E-state index contributed by atoms with van der Waals surface area (Å²) in [4.78, 5) is 39.2. The Hall–Kier alpha value is -2.57. The standard InChI is InChI=1S/C19H25N3O4/c1-19(17(24)25)8-11-22(13-19)16(23)6-9-20-18(26)21-10-7-14-4-2-3-5-15(14)12-21/h2-5H,6-13H2,1H3,(H,20,26)(H,24,25). The number of fused-ring (bicyclic) bond motifs is 1. The molecule has 1 aromatic rings. The first-order chi connectivity index (χ1) is 12.4. The normalized spacial score (nSPS) is 22.0. The highest BCUT2D eigenvalue weighted by molar-refractivity contribution is 5.81. The number of hydrogen-bond donors (Lipinski definition) is 2. The molecule has 2 N–H and O–H groups in total. The van der Waals surface area contributed by atoms with Gasteiger partial charge >= 0.3 is 12.0 Å². The second kappa shape index (κ2) is 7.35. The maximum Gasteiger partial charge on any atom is 0.317 e. The second-order valence-electron chi connectivity index (χ2n) is 7.35. The molecule has 1 aromatic carbocycles. The molecule has 1 unspecified atom stereocenters. The summed E-state index contributed by atoms with van der Waals surface area (Å²) in [6, 6.07) is 7.94. The fourth-order valence-corrected chi connectivity index (χ4v) is 3.56. The molecule has 0 saturated carbocycles. The lowest BCUT2D eigenvalue weighted by molar-refractivity contribution is -0.147. The molecule has 7 heteroatoms. The van der Waals surface area contributed by atoms with E-state index in [1.807, 2.05) is 18.2 Å². The number of rotatable bonds is 4. The first-order valence-electron chi connectivity index (χ1n) is 9.00. The minimum absolute atomic E-state index is 0.112. The summed E-state index contributed by atoms with van der Waals surface area (Å²) in [6.45, 7) is 3.87. The van der Waals surface area contributed by atoms with Crippen LogP contribution < -0.4 is 5.32 Å². The van der Waals surface area contributed by atoms with Gasteiger partial charge in [0.1, 0.15) is 0 Å². The van der Waals surface area contributed by atoms with Crippen LogP contribution in [0.2, 0.25) is 0 Å². The van der Waals surface area contributed by atoms with Gasteiger partial charge in [0.25, 0.3) is 0 Å². The molecule has 3 rings (SSSR count). The molecule has 0 spiro atoms. The number of amides is 3. The molecule has 1 saturated heterocycles. The smallest absolute Gasteiger partial charge is 0.317 e. The summed E-state index contributed by atoms with van der Waals surface area (Å²) in [5.74, 6) is -0.981. The highest BCUT2D eigenvalue weighted by atomic mass is 16.4. The number of hydrogen-bond acceptors (Lipinski definition) is 3. The molecule has 0 aliphatic carbocycles. The van der Waals surface area contributed by atoms with Gasteiger partial charge in [-0.25, -0.2) is 4.79 Å². The molecule has 2 aliphatic heterocycles. The van der Waals surface area contributed by atoms with Crippen LogP contribution in [0.5, 0.6) is 0 Å². The molecule has 2 aliphatic rings. The second-order valence-corrected chi connectivity index (χ2v) is 7.35. The Bertz CT molecular complexity index is 720. The van der Waals surface area contributed by atoms with Crippen LogP contribution in [0.15, 0.2) is 24.3 Å². The van der Waals surface area contributed by atoms with Crippen LogP contribution in [-0.2, 0) is 22.6 Å². The van der Waals surface area contributed by atoms with Crippen molar-refractivity contribution < 1.29 is 19.5 Å². The minimum atomic E-state index is -0.869. The van der Waals surface area contributed by atoms with E-state index in [2.05, 4.69) is 11.4 Å². The Morgan fingerprint density at radius 2 is 1.88 bits per heavy atom. The molecule has 0 bridgehead atoms. The monoisotopic (exact) mass is 359 g/mol. The first-order valence-corrected chi connectivity index (χ1v) is 9.00. The van der Waals surface area contributed by atoms with Crippen molar-refractivity contribution in [2.45, 2.75) is 32.7 Å². The minimum Gasteiger partial charge on any atom is -0.481 e. The molecule has 26 heavy (non-hydrogen) atoms. The number of carboxylic acids is 1. The van der Waals surface area contributed by atoms with Gasteiger partial charge in [0.15, 0.2) is 0 Å². The average Bonchev–Trinajstić information content (AvgIpc) is 3.05. The number of carbonyl (C=O) groups is 3. The molecule has 0 radical (unpaired) electrons. The van der Waals surface area contributed by atoms with Gasteiger partial charge in [0.05, 0.1) is 5.41 Å². The van der Waals surface area contributed by atoms with E-state index in [-0.39, 0.29) is 31.4 Å². The number of carbonyl (C=O) groups excluding carboxylic acids is 2. The van der Waals surface area contributed by atoms with E-state index in [0.29, 0.717) is 26.1 Å². The summed E-state index contributed by atoms with van der Waals surface area (Å²) in [7, 11) is 0. The van der Waals surface area contributed by atoms with Crippen LogP contribution in [0.3, 0.4) is 0 Å². The van der Waals surface area contributed by atoms with Crippen molar-refractivity contribution in [2.24, 2.45) is 5.41 Å². The van der Waals surface area contributed by atoms with Crippen LogP contribution in [-0.4, -0.2) is 59.0 Å². The van der Waals surface area contributed by atoms with E-state index < -0.39 is 11.4 Å². The summed E-state index contributed by atoms with van der Waals surface area (Å²) < 4.78 is 0. The lowest BCUT2D eigenvalue weighted by Gasteiger charge is -2.29. The Kier molecular flexibility index (Phi) is 5.15. The van der Waals surface area contributed by atoms with Crippen molar-refractivity contribution in [3.05, 3.63) is 35.4 Å². The van der Waals surface area contributed by atoms with Crippen LogP contribution in [0, 0.1) is 5.41 Å². The van der Waals surface area contributed by atoms with Crippen molar-refractivity contribution in [2.75, 3.05) is 26.2 Å². The van der Waals surface area contributed by atoms with Gasteiger partial charge in [-0.15, -0.1) is 0 Å². The maximum atomic E-state index is 12.3. The van der Waals surface area contributed by atoms with Gasteiger partial charge in [0, 0.05) is 39.1 Å². The first kappa shape index (κ1) is 18.2. The topological polar surface area (TPSA) is 90.0 Å². The molecular formula is C19H25N3O4. The molecule has 7 nitrogen and oxygen atoms in total. The Morgan fingerprint density at radius 1 is 1.15 bits per heavy atom. The zero-order valence-corrected chi connectivity index (χ0v) is 15.0. The number of nitrogens with one attached hydrogen (secondary N) is 1. The van der Waals surface area contributed by atoms with Gasteiger partial charge in [-0.3, -0.25) is 9.59 Å². The lowest BCUT2D eigenvalue weighted by Crippen LogP contribution is -2.44. The third kappa shape index (κ3) is 3.81. The molecule has 140 valence electrons. The largest absolute Gasteiger partial charge is 0.481 e. The predicted octanol–water partition coefficient (Wildman–Crippen LogP) is 1.47. The highest BCUT2D eigenvalue weighted by Crippen LogP contribution is 2.30. The number of aliphatic carboxylic acids is 1. The fraction of sp³-hybridized carbons (Fsp3) is 0.526. The third-order valence-corrected chi connectivity index (χ3v) is 5.38. The highest BCUT2D eigenvalue weighted by Gasteiger charge is 2.41. The number of urea groups is 1. The van der Waals surface area contributed by atoms with Crippen LogP contribution in [0.25, 0.3) is 0 Å². The number of likely N-dealkylation sites (tertiary alicyclic amines) is 1. The summed E-state index contributed by atoms with van der Waals surface area (Å²) >= 11 is 0. The van der Waals surface area contributed by atoms with Gasteiger partial charge in [-0.05, 0) is 30.9 Å². The van der Waals surface area contributed by atoms with E-state index in [1.165, 1.54) is 5.56 Å². The van der Waals surface area contributed by atoms with E-state index >= 15 is 0 Å². The molecule has 3 amide bonds. The summed E-state index contributed by atoms with van der Waals surface area (Å²) in [6.07, 6.45) is 1.49. The Morgan fingerprint density at radius 3 is 2.58 bits per heavy atom. The van der Waals surface area contributed by atoms with Crippen molar-refractivity contribution in [1.82, 2.24) is 15.1 Å². The van der Waals surface area contributed by atoms with Crippen LogP contribution in [0.1, 0.15) is 30.9 Å². The van der Waals surface area contributed by atoms with Gasteiger partial charge < -0.3 is 20.2 Å². The molecule has 2 heterocycles. The number of carboxylic acid groups (broad SMARTS) is 1. The van der Waals surface area contributed by atoms with Gasteiger partial charge in [-0.1, -0.05) is 24.3 Å². The van der Waals surface area contributed by atoms with E-state index in [0.717, 1.165) is 12.0 Å². The SMILES string of the molecule is CC1(C(=O)O)CCN(C(=O)CCNC(=O)N2CCc3ccccc3C2)C1. The maximum absolute atomic E-state index is 12.3. The third-order valence-electron chi connectivity index (χ3n) is 5.38. The van der Waals surface area contributed by atoms with E-state index in [9.17, 15) is 19.5 Å². The van der Waals surface area contributed by atoms with Crippen molar-refractivity contribution in [1.29, 1.82) is 0 Å². The van der Waals surface area contributed by atoms with Crippen LogP contribution in [0.4, 0.5) is 4.79 Å². The van der Waals surface area contributed by atoms with Gasteiger partial charge in [0.2, 0.25) is 5.91 Å². The molecule has 1 fully saturated rings. The molecule has 0 aromatic heterocycles. The van der Waals surface area contributed by atoms with Crippen molar-refractivity contribution >= 4 is 17.9 Å². The zero-order valence-electron chi connectivity index (χ0n) is 15.0. The summed E-state index contributed by atoms with van der Waals surface area (Å²) in [5.41, 5.74) is 1.58. The van der Waals surface area contributed by atoms with Crippen molar-refractivity contribution in [3.8, 4) is 0 Å². The zero-order chi connectivity index (χ0) is 18.7. The Balaban J connectivity index is 1.43. The lowest BCUT2D eigenvalue weighted by atomic mass is 9.90. The predicted molar refractivity (Wildman–Crippen MR) is 95.5 cm³/mol. The quantitative estimate of drug-likeness (QED) is 0.852. The van der Waals surface area contributed by atoms with Gasteiger partial charge in [-0.2, -0.15) is 0 Å². The Labute approximate surface area is 153 Å². The van der Waals surface area contributed by atoms with Crippen LogP contribution >= 0.6 is 0 Å². The van der Waals surface area contributed by atoms with Crippen molar-refractivity contribution in [3.63, 3.8) is 0 Å². The number of benzene rings is 1. The average molecular weight is 359 g/mol. The van der Waals surface area contributed by atoms with E-state index in [1.54, 1.807) is 16.7 Å².